The maximum atomic E-state index is 14.3. The second-order valence-corrected chi connectivity index (χ2v) is 28.3. The number of fused-ring (bicyclic) bond motifs is 7. The molecule has 0 aliphatic carbocycles. The summed E-state index contributed by atoms with van der Waals surface area (Å²) >= 11 is 0. The van der Waals surface area contributed by atoms with Gasteiger partial charge in [0.25, 0.3) is 0 Å². The number of aryl methyl sites for hydroxylation is 2. The molecule has 6 aliphatic rings. The molecule has 1 aromatic carbocycles. The zero-order chi connectivity index (χ0) is 68.7. The van der Waals surface area contributed by atoms with Crippen molar-refractivity contribution in [2.24, 2.45) is 71.8 Å². The summed E-state index contributed by atoms with van der Waals surface area (Å²) < 4.78 is 32.3. The average molecular weight is 1360 g/mol. The number of benzene rings is 1. The van der Waals surface area contributed by atoms with Crippen LogP contribution in [0.15, 0.2) is 67.8 Å². The molecular weight excluding hydrogens is 1270 g/mol. The molecule has 2 saturated heterocycles. The zero-order valence-electron chi connectivity index (χ0n) is 54.2. The average Bonchev–Trinajstić information content (AvgIpc) is 1.53. The summed E-state index contributed by atoms with van der Waals surface area (Å²) in [6.45, 7) is 23.5. The number of aliphatic carboxylic acids is 1. The summed E-state index contributed by atoms with van der Waals surface area (Å²) in [5.41, 5.74) is 12.7. The van der Waals surface area contributed by atoms with Crippen LogP contribution in [0.2, 0.25) is 0 Å². The predicted molar refractivity (Wildman–Crippen MR) is 331 cm³/mol. The first-order valence-electron chi connectivity index (χ1n) is 30.7. The van der Waals surface area contributed by atoms with Gasteiger partial charge in [-0.2, -0.15) is 4.57 Å². The minimum Gasteiger partial charge on any atom is -0.862 e. The van der Waals surface area contributed by atoms with Crippen LogP contribution in [0.1, 0.15) is 150 Å². The van der Waals surface area contributed by atoms with Crippen molar-refractivity contribution >= 4 is 77.4 Å². The van der Waals surface area contributed by atoms with Crippen molar-refractivity contribution in [2.75, 3.05) is 13.2 Å². The summed E-state index contributed by atoms with van der Waals surface area (Å²) in [5.74, 6) is -9.01. The van der Waals surface area contributed by atoms with E-state index in [9.17, 15) is 59.3 Å². The number of aromatic nitrogens is 2. The van der Waals surface area contributed by atoms with Crippen LogP contribution in [0.5, 0.6) is 0 Å². The Morgan fingerprint density at radius 3 is 2.08 bits per heavy atom. The van der Waals surface area contributed by atoms with Gasteiger partial charge in [-0.1, -0.05) is 34.6 Å². The summed E-state index contributed by atoms with van der Waals surface area (Å²) in [4.78, 5) is 84.8. The number of aliphatic hydroxyl groups excluding tert-OH is 2. The maximum absolute atomic E-state index is 14.3. The van der Waals surface area contributed by atoms with Crippen molar-refractivity contribution in [1.82, 2.24) is 15.6 Å². The molecule has 2 fully saturated rings. The second kappa shape index (κ2) is 28.5. The van der Waals surface area contributed by atoms with Gasteiger partial charge in [0, 0.05) is 106 Å². The number of nitrogens with two attached hydrogens (primary N) is 2. The fraction of sp³-hybridized carbons (Fsp3) is 0.619. The third kappa shape index (κ3) is 14.6. The number of aliphatic imine (C=N–C) groups is 3. The first-order chi connectivity index (χ1) is 42.8. The molecule has 3 amide bonds. The minimum atomic E-state index is -5.08. The zero-order valence-corrected chi connectivity index (χ0v) is 56.2. The molecule has 28 nitrogen and oxygen atoms in total. The van der Waals surface area contributed by atoms with E-state index < -0.39 is 156 Å². The number of nitrogens with one attached hydrogen (secondary N) is 6. The van der Waals surface area contributed by atoms with E-state index in [1.54, 1.807) is 38.6 Å². The second-order valence-electron chi connectivity index (χ2n) is 26.9. The smallest absolute Gasteiger partial charge is 0.862 e. The van der Waals surface area contributed by atoms with E-state index in [4.69, 9.17) is 68.3 Å². The van der Waals surface area contributed by atoms with Gasteiger partial charge in [-0.05, 0) is 151 Å². The summed E-state index contributed by atoms with van der Waals surface area (Å²) in [5, 5.41) is 108. The van der Waals surface area contributed by atoms with E-state index in [1.165, 1.54) is 6.92 Å². The molecule has 0 spiro atoms. The number of nitrogens with zero attached hydrogens (tertiary/aromatic N) is 5. The van der Waals surface area contributed by atoms with E-state index >= 15 is 0 Å². The minimum absolute atomic E-state index is 0. The van der Waals surface area contributed by atoms with Crippen LogP contribution in [-0.4, -0.2) is 133 Å². The molecule has 0 radical (unpaired) electrons. The fourth-order valence-electron chi connectivity index (χ4n) is 15.4. The topological polar surface area (TPSA) is 491 Å². The van der Waals surface area contributed by atoms with E-state index in [1.807, 2.05) is 59.8 Å². The van der Waals surface area contributed by atoms with E-state index in [0.717, 1.165) is 16.6 Å². The number of ether oxygens (including phenoxy) is 1. The Morgan fingerprint density at radius 2 is 1.49 bits per heavy atom. The number of primary amides is 2. The van der Waals surface area contributed by atoms with Crippen LogP contribution in [0.25, 0.3) is 11.0 Å². The normalized spacial score (nSPS) is 31.0. The molecule has 30 heteroatoms. The molecule has 508 valence electrons. The number of rotatable bonds is 26. The summed E-state index contributed by atoms with van der Waals surface area (Å²) in [6, 6.07) is 2.68. The Balaban J connectivity index is 0.00000453. The van der Waals surface area contributed by atoms with Gasteiger partial charge in [0.05, 0.1) is 24.3 Å². The predicted octanol–water partition coefficient (Wildman–Crippen LogP) is 2.83. The number of phosphoric ester groups is 1. The molecule has 15 atom stereocenters. The van der Waals surface area contributed by atoms with Crippen molar-refractivity contribution < 1.29 is 94.4 Å². The largest absolute Gasteiger partial charge is 3.00 e. The van der Waals surface area contributed by atoms with Gasteiger partial charge >= 0.3 is 30.6 Å². The van der Waals surface area contributed by atoms with Crippen LogP contribution in [0, 0.1) is 87.2 Å². The number of carboxylic acid groups (broad SMARTS) is 1. The number of hydrogen-bond acceptors (Lipinski definition) is 21. The Kier molecular flexibility index (Phi) is 23.0. The third-order valence-corrected chi connectivity index (χ3v) is 21.7. The van der Waals surface area contributed by atoms with Gasteiger partial charge in [-0.25, -0.2) is 9.55 Å². The molecule has 1 aromatic heterocycles. The number of aromatic amines is 1. The molecule has 14 N–H and O–H groups in total. The summed E-state index contributed by atoms with van der Waals surface area (Å²) in [7, 11) is -5.08. The number of amides is 3. The molecule has 8 rings (SSSR count). The van der Waals surface area contributed by atoms with Crippen molar-refractivity contribution in [3.63, 3.8) is 0 Å². The Morgan fingerprint density at radius 1 is 0.892 bits per heavy atom. The first kappa shape index (κ1) is 75.0. The first-order valence-corrected chi connectivity index (χ1v) is 32.2. The van der Waals surface area contributed by atoms with Gasteiger partial charge in [-0.3, -0.25) is 43.2 Å². The molecule has 6 aliphatic heterocycles. The van der Waals surface area contributed by atoms with Gasteiger partial charge in [-0.15, -0.1) is 0 Å². The van der Waals surface area contributed by atoms with Crippen LogP contribution in [0.3, 0.4) is 0 Å². The quantitative estimate of drug-likeness (QED) is 0.0212. The van der Waals surface area contributed by atoms with Crippen LogP contribution in [0.4, 0.5) is 0 Å². The fourth-order valence-corrected chi connectivity index (χ4v) is 16.6. The van der Waals surface area contributed by atoms with Crippen LogP contribution < -0.4 is 42.0 Å². The standard InChI is InChI=1S/C62H89N12O15P.CN.Co/c1-29-20-39-40(21-30(29)2)74(28-69-39)57-52(84)53(41(27-75)87-57)89-90(85,86)88-31(3)26-68-48(81)18-19-59(8)37(22-45(65)78)56-62(11)61(10,25-47(67)80)36(14-17-49(82)83)51(73-62)33(5)55-60(9,24-46(66)79)34(12-15-43(63)76)38(70-55)23-42-58(6,7)35(13-16-44(64)77)50(71-42)32(4)54(59)72-56;1-2;/h20-21,23,28,31,34-37,41,52-53,56-57,75,84H,12-19,22,24-27H2,1-11H3,(H14,63,64,65,66,67,68,70,71,72,73,76,77,78,79,80,81,82,83,85,86);;/q;-1;+3/p-2. The Hall–Kier alpha value is -7.00. The Labute approximate surface area is 550 Å². The third-order valence-electron chi connectivity index (χ3n) is 20.6. The van der Waals surface area contributed by atoms with Gasteiger partial charge in [0.1, 0.15) is 18.3 Å². The number of H-pyrrole nitrogens is 1. The number of hydrogen-bond donors (Lipinski definition) is 12. The molecule has 7 heterocycles. The number of imidazole rings is 1. The molecule has 0 saturated carbocycles. The van der Waals surface area contributed by atoms with Crippen molar-refractivity contribution in [3.8, 4) is 0 Å². The summed E-state index contributed by atoms with van der Waals surface area (Å²) in [6.07, 6.45) is -5.41. The van der Waals surface area contributed by atoms with E-state index in [0.29, 0.717) is 50.9 Å². The van der Waals surface area contributed by atoms with Crippen molar-refractivity contribution in [1.29, 1.82) is 21.5 Å². The van der Waals surface area contributed by atoms with Gasteiger partial charge in [0.2, 0.25) is 30.3 Å². The maximum Gasteiger partial charge on any atom is 3.00 e. The molecular formula is C63H87CoN13O15P. The van der Waals surface area contributed by atoms with Crippen molar-refractivity contribution in [3.05, 3.63) is 70.5 Å². The monoisotopic (exact) mass is 1360 g/mol. The van der Waals surface area contributed by atoms with Gasteiger partial charge < -0.3 is 90.4 Å². The molecule has 15 unspecified atom stereocenters. The van der Waals surface area contributed by atoms with Crippen LogP contribution >= 0.6 is 7.82 Å². The van der Waals surface area contributed by atoms with E-state index in [-0.39, 0.29) is 81.1 Å². The number of aliphatic hydroxyl groups is 2. The number of phosphoric acid groups is 1. The number of carbonyl (C=O) groups is 4. The SMILES string of the molecule is CC1=C2N=C(C=C3NC(=C(C)C4=NC(C)(C5N=C1C(C)(CCC(=O)NCC(C)OP(=O)(O)OC1C(CO)OC([n+]6c[nH]c7cc(C)c(C)cc76)C1O)C5CC(=N)[O-])C(C)(CC(N)=O)C4CCC(=O)O)C(C)(CC(N)=O)C3CCC(=N)[O-])C(C)(C)C2CCC(=N)[O-].[C-]#N.[Co+3]. The van der Waals surface area contributed by atoms with Gasteiger partial charge in [0.15, 0.2) is 11.0 Å². The molecule has 93 heavy (non-hydrogen) atoms. The Bertz CT molecular complexity index is 3600. The number of carboxylic acids is 1. The molecule has 2 aromatic rings. The van der Waals surface area contributed by atoms with Crippen molar-refractivity contribution in [2.45, 2.75) is 189 Å². The van der Waals surface area contributed by atoms with Crippen LogP contribution in [-0.2, 0) is 54.3 Å². The number of allylic oxidation sites excluding steroid dienone is 6. The number of carbonyl (C=O) groups excluding carboxylic acids is 3. The molecule has 8 bridgehead atoms. The van der Waals surface area contributed by atoms with E-state index in [2.05, 4.69) is 15.6 Å².